The van der Waals surface area contributed by atoms with Crippen molar-refractivity contribution in [3.05, 3.63) is 65.0 Å². The minimum Gasteiger partial charge on any atom is -0.379 e. The molecule has 6 heteroatoms. The average molecular weight is 396 g/mol. The fourth-order valence-electron chi connectivity index (χ4n) is 4.14. The van der Waals surface area contributed by atoms with Crippen LogP contribution in [0.15, 0.2) is 42.7 Å². The molecule has 0 aliphatic carbocycles. The number of aryl methyl sites for hydroxylation is 2. The molecule has 2 atom stereocenters. The Morgan fingerprint density at radius 2 is 1.93 bits per heavy atom. The van der Waals surface area contributed by atoms with E-state index in [9.17, 15) is 4.79 Å². The predicted molar refractivity (Wildman–Crippen MR) is 111 cm³/mol. The van der Waals surface area contributed by atoms with Crippen LogP contribution in [0.1, 0.15) is 33.1 Å². The fraction of sp³-hybridized carbons (Fsp3) is 0.478. The van der Waals surface area contributed by atoms with E-state index in [4.69, 9.17) is 9.47 Å². The molecule has 0 bridgehead atoms. The second-order valence-electron chi connectivity index (χ2n) is 7.85. The molecular formula is C23H29N3O3. The summed E-state index contributed by atoms with van der Waals surface area (Å²) in [4.78, 5) is 22.1. The third-order valence-corrected chi connectivity index (χ3v) is 5.93. The molecule has 0 N–H and O–H groups in total. The molecule has 2 fully saturated rings. The minimum absolute atomic E-state index is 0.0530. The number of pyridine rings is 1. The van der Waals surface area contributed by atoms with Gasteiger partial charge in [0.25, 0.3) is 5.91 Å². The number of benzene rings is 1. The topological polar surface area (TPSA) is 54.9 Å². The summed E-state index contributed by atoms with van der Waals surface area (Å²) in [7, 11) is 0. The van der Waals surface area contributed by atoms with Crippen molar-refractivity contribution in [1.82, 2.24) is 14.8 Å². The zero-order chi connectivity index (χ0) is 20.2. The van der Waals surface area contributed by atoms with Gasteiger partial charge in [-0.15, -0.1) is 0 Å². The first kappa shape index (κ1) is 20.0. The highest BCUT2D eigenvalue weighted by molar-refractivity contribution is 5.95. The molecule has 0 saturated carbocycles. The standard InChI is InChI=1S/C23H29N3O3/c1-17-5-6-19(14-18(17)2)23(27)26-10-13-29-21(16-25-8-11-28-12-9-25)22(26)20-4-3-7-24-15-20/h3-7,14-15,21-22H,8-13,16H2,1-2H3/t21-,22-/m0/s1. The van der Waals surface area contributed by atoms with Gasteiger partial charge in [-0.05, 0) is 48.7 Å². The number of morpholine rings is 2. The summed E-state index contributed by atoms with van der Waals surface area (Å²) in [6.07, 6.45) is 3.52. The Bertz CT molecular complexity index is 837. The lowest BCUT2D eigenvalue weighted by Crippen LogP contribution is -2.53. The SMILES string of the molecule is Cc1ccc(C(=O)N2CCO[C@@H](CN3CCOCC3)[C@@H]2c2cccnc2)cc1C. The number of amides is 1. The number of rotatable bonds is 4. The molecule has 0 spiro atoms. The molecule has 154 valence electrons. The van der Waals surface area contributed by atoms with Crippen LogP contribution in [0.5, 0.6) is 0 Å². The third-order valence-electron chi connectivity index (χ3n) is 5.93. The summed E-state index contributed by atoms with van der Waals surface area (Å²) in [5, 5.41) is 0. The molecule has 6 nitrogen and oxygen atoms in total. The van der Waals surface area contributed by atoms with E-state index in [1.54, 1.807) is 6.20 Å². The third kappa shape index (κ3) is 4.50. The first-order valence-electron chi connectivity index (χ1n) is 10.3. The van der Waals surface area contributed by atoms with Crippen LogP contribution >= 0.6 is 0 Å². The molecule has 29 heavy (non-hydrogen) atoms. The van der Waals surface area contributed by atoms with Crippen molar-refractivity contribution in [1.29, 1.82) is 0 Å². The molecule has 3 heterocycles. The van der Waals surface area contributed by atoms with E-state index in [0.29, 0.717) is 13.2 Å². The van der Waals surface area contributed by atoms with Crippen LogP contribution in [0.2, 0.25) is 0 Å². The Morgan fingerprint density at radius 3 is 2.66 bits per heavy atom. The maximum atomic E-state index is 13.5. The van der Waals surface area contributed by atoms with Crippen LogP contribution in [-0.2, 0) is 9.47 Å². The van der Waals surface area contributed by atoms with Crippen LogP contribution in [0.4, 0.5) is 0 Å². The predicted octanol–water partition coefficient (Wildman–Crippen LogP) is 2.61. The summed E-state index contributed by atoms with van der Waals surface area (Å²) in [6, 6.07) is 9.75. The molecule has 2 saturated heterocycles. The lowest BCUT2D eigenvalue weighted by atomic mass is 9.97. The average Bonchev–Trinajstić information content (AvgIpc) is 2.76. The van der Waals surface area contributed by atoms with Crippen molar-refractivity contribution in [2.45, 2.75) is 26.0 Å². The second-order valence-corrected chi connectivity index (χ2v) is 7.85. The summed E-state index contributed by atoms with van der Waals surface area (Å²) in [5.74, 6) is 0.0530. The highest BCUT2D eigenvalue weighted by atomic mass is 16.5. The van der Waals surface area contributed by atoms with Gasteiger partial charge < -0.3 is 14.4 Å². The first-order valence-corrected chi connectivity index (χ1v) is 10.3. The van der Waals surface area contributed by atoms with E-state index in [1.807, 2.05) is 48.4 Å². The molecule has 0 radical (unpaired) electrons. The Balaban J connectivity index is 1.63. The van der Waals surface area contributed by atoms with Crippen LogP contribution in [0, 0.1) is 13.8 Å². The quantitative estimate of drug-likeness (QED) is 0.797. The van der Waals surface area contributed by atoms with Gasteiger partial charge in [0, 0.05) is 44.1 Å². The molecule has 2 aliphatic heterocycles. The Labute approximate surface area is 172 Å². The largest absolute Gasteiger partial charge is 0.379 e. The van der Waals surface area contributed by atoms with Crippen LogP contribution in [0.25, 0.3) is 0 Å². The van der Waals surface area contributed by atoms with Gasteiger partial charge in [-0.2, -0.15) is 0 Å². The van der Waals surface area contributed by atoms with Gasteiger partial charge in [0.1, 0.15) is 0 Å². The van der Waals surface area contributed by atoms with Crippen LogP contribution in [0.3, 0.4) is 0 Å². The number of hydrogen-bond acceptors (Lipinski definition) is 5. The van der Waals surface area contributed by atoms with E-state index < -0.39 is 0 Å². The number of carbonyl (C=O) groups is 1. The van der Waals surface area contributed by atoms with Gasteiger partial charge in [0.05, 0.1) is 32.0 Å². The summed E-state index contributed by atoms with van der Waals surface area (Å²) in [5.41, 5.74) is 4.07. The number of aromatic nitrogens is 1. The van der Waals surface area contributed by atoms with Crippen molar-refractivity contribution in [3.63, 3.8) is 0 Å². The zero-order valence-electron chi connectivity index (χ0n) is 17.2. The lowest BCUT2D eigenvalue weighted by molar-refractivity contribution is -0.0819. The fourth-order valence-corrected chi connectivity index (χ4v) is 4.14. The summed E-state index contributed by atoms with van der Waals surface area (Å²) >= 11 is 0. The number of hydrogen-bond donors (Lipinski definition) is 0. The van der Waals surface area contributed by atoms with E-state index >= 15 is 0 Å². The molecular weight excluding hydrogens is 366 g/mol. The van der Waals surface area contributed by atoms with Gasteiger partial charge in [0.15, 0.2) is 0 Å². The minimum atomic E-state index is -0.158. The number of ether oxygens (including phenoxy) is 2. The maximum absolute atomic E-state index is 13.5. The van der Waals surface area contributed by atoms with Gasteiger partial charge in [-0.25, -0.2) is 0 Å². The Morgan fingerprint density at radius 1 is 1.10 bits per heavy atom. The van der Waals surface area contributed by atoms with E-state index in [1.165, 1.54) is 5.56 Å². The summed E-state index contributed by atoms with van der Waals surface area (Å²) in [6.45, 7) is 9.29. The summed E-state index contributed by atoms with van der Waals surface area (Å²) < 4.78 is 11.7. The van der Waals surface area contributed by atoms with Crippen molar-refractivity contribution < 1.29 is 14.3 Å². The first-order chi connectivity index (χ1) is 14.1. The second kappa shape index (κ2) is 9.03. The van der Waals surface area contributed by atoms with Crippen molar-refractivity contribution >= 4 is 5.91 Å². The normalized spacial score (nSPS) is 23.2. The molecule has 2 aliphatic rings. The van der Waals surface area contributed by atoms with E-state index in [-0.39, 0.29) is 18.1 Å². The van der Waals surface area contributed by atoms with E-state index in [0.717, 1.165) is 49.5 Å². The van der Waals surface area contributed by atoms with Crippen molar-refractivity contribution in [2.24, 2.45) is 0 Å². The molecule has 0 unspecified atom stereocenters. The van der Waals surface area contributed by atoms with Crippen molar-refractivity contribution in [2.75, 3.05) is 46.0 Å². The van der Waals surface area contributed by atoms with Gasteiger partial charge in [-0.3, -0.25) is 14.7 Å². The smallest absolute Gasteiger partial charge is 0.254 e. The molecule has 1 amide bonds. The molecule has 1 aromatic carbocycles. The molecule has 2 aromatic rings. The van der Waals surface area contributed by atoms with Gasteiger partial charge in [-0.1, -0.05) is 12.1 Å². The molecule has 4 rings (SSSR count). The van der Waals surface area contributed by atoms with Gasteiger partial charge in [0.2, 0.25) is 0 Å². The van der Waals surface area contributed by atoms with Gasteiger partial charge >= 0.3 is 0 Å². The number of nitrogens with zero attached hydrogens (tertiary/aromatic N) is 3. The van der Waals surface area contributed by atoms with Crippen LogP contribution < -0.4 is 0 Å². The Kier molecular flexibility index (Phi) is 6.23. The monoisotopic (exact) mass is 395 g/mol. The van der Waals surface area contributed by atoms with Crippen LogP contribution in [-0.4, -0.2) is 72.8 Å². The lowest BCUT2D eigenvalue weighted by Gasteiger charge is -2.43. The number of carbonyl (C=O) groups excluding carboxylic acids is 1. The van der Waals surface area contributed by atoms with Crippen molar-refractivity contribution in [3.8, 4) is 0 Å². The maximum Gasteiger partial charge on any atom is 0.254 e. The molecule has 1 aromatic heterocycles. The highest BCUT2D eigenvalue weighted by Crippen LogP contribution is 2.31. The highest BCUT2D eigenvalue weighted by Gasteiger charge is 2.38. The Hall–Kier alpha value is -2.28. The zero-order valence-corrected chi connectivity index (χ0v) is 17.2. The van der Waals surface area contributed by atoms with E-state index in [2.05, 4.69) is 16.8 Å².